The minimum absolute atomic E-state index is 0.449. The number of aldehydes is 1. The molecular formula is C8H3F11O. The maximum Gasteiger partial charge on any atom is 0.460 e. The minimum atomic E-state index is -7.45. The predicted molar refractivity (Wildman–Crippen MR) is 41.0 cm³/mol. The van der Waals surface area contributed by atoms with Gasteiger partial charge in [0.05, 0.1) is 0 Å². The summed E-state index contributed by atoms with van der Waals surface area (Å²) in [7, 11) is 0. The Morgan fingerprint density at radius 2 is 1.00 bits per heavy atom. The second kappa shape index (κ2) is 4.88. The van der Waals surface area contributed by atoms with Crippen molar-refractivity contribution in [3.8, 4) is 0 Å². The van der Waals surface area contributed by atoms with E-state index < -0.39 is 48.3 Å². The molecule has 20 heavy (non-hydrogen) atoms. The van der Waals surface area contributed by atoms with Crippen molar-refractivity contribution in [1.29, 1.82) is 0 Å². The Hall–Kier alpha value is -1.36. The van der Waals surface area contributed by atoms with E-state index in [4.69, 9.17) is 0 Å². The topological polar surface area (TPSA) is 17.1 Å². The lowest BCUT2D eigenvalue weighted by Gasteiger charge is -2.36. The molecule has 0 aromatic carbocycles. The van der Waals surface area contributed by atoms with Crippen molar-refractivity contribution >= 4 is 6.29 Å². The van der Waals surface area contributed by atoms with Gasteiger partial charge in [-0.05, 0) is 12.2 Å². The third-order valence-corrected chi connectivity index (χ3v) is 1.95. The molecule has 12 heteroatoms. The molecule has 0 radical (unpaired) electrons. The number of carbonyl (C=O) groups excluding carboxylic acids is 1. The summed E-state index contributed by atoms with van der Waals surface area (Å²) < 4.78 is 135. The minimum Gasteiger partial charge on any atom is -0.299 e. The summed E-state index contributed by atoms with van der Waals surface area (Å²) in [4.78, 5) is 9.60. The molecule has 0 heterocycles. The van der Waals surface area contributed by atoms with E-state index in [1.165, 1.54) is 0 Å². The van der Waals surface area contributed by atoms with E-state index in [0.29, 0.717) is 0 Å². The maximum atomic E-state index is 12.7. The monoisotopic (exact) mass is 324 g/mol. The third kappa shape index (κ3) is 2.59. The summed E-state index contributed by atoms with van der Waals surface area (Å²) >= 11 is 0. The van der Waals surface area contributed by atoms with Crippen LogP contribution in [0.15, 0.2) is 12.2 Å². The van der Waals surface area contributed by atoms with Crippen LogP contribution in [-0.4, -0.2) is 36.2 Å². The van der Waals surface area contributed by atoms with Crippen LogP contribution in [0, 0.1) is 0 Å². The predicted octanol–water partition coefficient (Wildman–Crippen LogP) is 3.85. The van der Waals surface area contributed by atoms with Crippen molar-refractivity contribution < 1.29 is 53.1 Å². The highest BCUT2D eigenvalue weighted by atomic mass is 19.4. The van der Waals surface area contributed by atoms with Gasteiger partial charge in [0.1, 0.15) is 6.29 Å². The number of hydrogen-bond donors (Lipinski definition) is 0. The fourth-order valence-corrected chi connectivity index (χ4v) is 0.849. The largest absolute Gasteiger partial charge is 0.460 e. The lowest BCUT2D eigenvalue weighted by atomic mass is 9.98. The summed E-state index contributed by atoms with van der Waals surface area (Å²) in [6.45, 7) is 0. The van der Waals surface area contributed by atoms with E-state index in [0.717, 1.165) is 0 Å². The molecule has 0 rings (SSSR count). The molecule has 0 aromatic rings. The number of hydrogen-bond acceptors (Lipinski definition) is 1. The number of rotatable bonds is 5. The van der Waals surface area contributed by atoms with Gasteiger partial charge in [0, 0.05) is 0 Å². The molecule has 0 bridgehead atoms. The van der Waals surface area contributed by atoms with Gasteiger partial charge in [-0.25, -0.2) is 0 Å². The second-order valence-corrected chi connectivity index (χ2v) is 3.34. The quantitative estimate of drug-likeness (QED) is 0.427. The molecule has 0 atom stereocenters. The molecule has 0 saturated heterocycles. The van der Waals surface area contributed by atoms with Crippen LogP contribution in [0.1, 0.15) is 0 Å². The molecule has 0 fully saturated rings. The van der Waals surface area contributed by atoms with E-state index >= 15 is 0 Å². The Balaban J connectivity index is 5.93. The maximum absolute atomic E-state index is 12.7. The smallest absolute Gasteiger partial charge is 0.299 e. The lowest BCUT2D eigenvalue weighted by molar-refractivity contribution is -0.416. The second-order valence-electron chi connectivity index (χ2n) is 3.34. The first kappa shape index (κ1) is 18.6. The number of halogens is 11. The summed E-state index contributed by atoms with van der Waals surface area (Å²) in [6, 6.07) is 0. The van der Waals surface area contributed by atoms with Crippen LogP contribution in [-0.2, 0) is 4.79 Å². The van der Waals surface area contributed by atoms with Gasteiger partial charge in [-0.3, -0.25) is 4.79 Å². The first-order valence-electron chi connectivity index (χ1n) is 4.27. The summed E-state index contributed by atoms with van der Waals surface area (Å²) in [5.41, 5.74) is 0. The molecule has 0 aromatic heterocycles. The molecule has 0 aliphatic rings. The Labute approximate surface area is 103 Å². The van der Waals surface area contributed by atoms with Gasteiger partial charge in [-0.2, -0.15) is 48.3 Å². The third-order valence-electron chi connectivity index (χ3n) is 1.95. The first-order valence-corrected chi connectivity index (χ1v) is 4.27. The van der Waals surface area contributed by atoms with Crippen LogP contribution < -0.4 is 0 Å². The molecule has 0 amide bonds. The molecule has 0 saturated carbocycles. The summed E-state index contributed by atoms with van der Waals surface area (Å²) in [6.07, 6.45) is -9.44. The summed E-state index contributed by atoms with van der Waals surface area (Å²) in [5.74, 6) is -28.1. The molecule has 0 unspecified atom stereocenters. The van der Waals surface area contributed by atoms with Gasteiger partial charge in [-0.1, -0.05) is 0 Å². The van der Waals surface area contributed by atoms with Crippen LogP contribution in [0.25, 0.3) is 0 Å². The SMILES string of the molecule is O=C/C=C/C(F)(F)C(F)(F)C(F)(F)C(F)(F)C(F)(F)F. The van der Waals surface area contributed by atoms with Crippen LogP contribution in [0.3, 0.4) is 0 Å². The van der Waals surface area contributed by atoms with Gasteiger partial charge in [0.15, 0.2) is 0 Å². The Bertz CT molecular complexity index is 392. The van der Waals surface area contributed by atoms with Crippen LogP contribution >= 0.6 is 0 Å². The highest BCUT2D eigenvalue weighted by Crippen LogP contribution is 2.57. The van der Waals surface area contributed by atoms with Crippen molar-refractivity contribution in [2.75, 3.05) is 0 Å². The molecule has 0 aliphatic carbocycles. The number of carbonyl (C=O) groups is 1. The Kier molecular flexibility index (Phi) is 4.55. The molecule has 0 N–H and O–H groups in total. The van der Waals surface area contributed by atoms with E-state index in [2.05, 4.69) is 0 Å². The van der Waals surface area contributed by atoms with E-state index in [9.17, 15) is 53.1 Å². The molecule has 0 spiro atoms. The number of allylic oxidation sites excluding steroid dienone is 2. The zero-order valence-electron chi connectivity index (χ0n) is 8.80. The molecule has 1 nitrogen and oxygen atoms in total. The van der Waals surface area contributed by atoms with Gasteiger partial charge in [0.25, 0.3) is 0 Å². The van der Waals surface area contributed by atoms with Crippen molar-refractivity contribution in [3.05, 3.63) is 12.2 Å². The highest BCUT2D eigenvalue weighted by Gasteiger charge is 2.86. The summed E-state index contributed by atoms with van der Waals surface area (Å²) in [5, 5.41) is 0. The van der Waals surface area contributed by atoms with Crippen LogP contribution in [0.5, 0.6) is 0 Å². The standard InChI is InChI=1S/C8H3F11O/c9-4(10,2-1-3-20)5(11,12)6(13,14)7(15,16)8(17,18)19/h1-3H/b2-1+. The van der Waals surface area contributed by atoms with Gasteiger partial charge >= 0.3 is 29.9 Å². The fourth-order valence-electron chi connectivity index (χ4n) is 0.849. The van der Waals surface area contributed by atoms with Crippen molar-refractivity contribution in [3.63, 3.8) is 0 Å². The van der Waals surface area contributed by atoms with Crippen LogP contribution in [0.2, 0.25) is 0 Å². The average molecular weight is 324 g/mol. The van der Waals surface area contributed by atoms with Crippen molar-refractivity contribution in [2.24, 2.45) is 0 Å². The Morgan fingerprint density at radius 3 is 1.30 bits per heavy atom. The zero-order chi connectivity index (χ0) is 16.6. The first-order chi connectivity index (χ1) is 8.56. The van der Waals surface area contributed by atoms with E-state index in [1.807, 2.05) is 0 Å². The van der Waals surface area contributed by atoms with Gasteiger partial charge in [-0.15, -0.1) is 0 Å². The van der Waals surface area contributed by atoms with Gasteiger partial charge in [0.2, 0.25) is 0 Å². The molecular weight excluding hydrogens is 321 g/mol. The average Bonchev–Trinajstić information content (AvgIpc) is 2.24. The molecule has 118 valence electrons. The van der Waals surface area contributed by atoms with Crippen molar-refractivity contribution in [1.82, 2.24) is 0 Å². The Morgan fingerprint density at radius 1 is 0.600 bits per heavy atom. The van der Waals surface area contributed by atoms with Gasteiger partial charge < -0.3 is 0 Å². The van der Waals surface area contributed by atoms with E-state index in [1.54, 1.807) is 0 Å². The lowest BCUT2D eigenvalue weighted by Crippen LogP contribution is -2.66. The zero-order valence-corrected chi connectivity index (χ0v) is 8.80. The molecule has 0 aliphatic heterocycles. The van der Waals surface area contributed by atoms with Crippen LogP contribution in [0.4, 0.5) is 48.3 Å². The fraction of sp³-hybridized carbons (Fsp3) is 0.625. The highest BCUT2D eigenvalue weighted by molar-refractivity contribution is 5.65. The normalized spacial score (nSPS) is 15.8. The van der Waals surface area contributed by atoms with Crippen molar-refractivity contribution in [2.45, 2.75) is 29.9 Å². The van der Waals surface area contributed by atoms with E-state index in [-0.39, 0.29) is 0 Å². The number of alkyl halides is 11.